The number of likely N-dealkylation sites (N-methyl/N-ethyl adjacent to an activating group) is 1. The Morgan fingerprint density at radius 3 is 2.57 bits per heavy atom. The molecule has 7 heteroatoms. The molecular weight excluding hydrogens is 352 g/mol. The summed E-state index contributed by atoms with van der Waals surface area (Å²) in [5, 5.41) is 7.03. The number of amides is 1. The third-order valence-corrected chi connectivity index (χ3v) is 6.59. The second kappa shape index (κ2) is 9.07. The third kappa shape index (κ3) is 4.40. The standard InChI is InChI=1S/C21H34N6O/c1-26-14-19(28)27(17-8-10-22-11-9-17)13-18-20(24-15-25-21(18)26)23-12-16-6-4-2-3-5-7-16/h15-17,22H,2-14H2,1H3,(H,23,24,25). The molecule has 2 fully saturated rings. The van der Waals surface area contributed by atoms with Crippen LogP contribution in [0.2, 0.25) is 0 Å². The Balaban J connectivity index is 1.53. The minimum absolute atomic E-state index is 0.196. The van der Waals surface area contributed by atoms with E-state index < -0.39 is 0 Å². The Hall–Kier alpha value is -1.89. The van der Waals surface area contributed by atoms with Gasteiger partial charge in [-0.1, -0.05) is 25.7 Å². The van der Waals surface area contributed by atoms with Crippen LogP contribution >= 0.6 is 0 Å². The lowest BCUT2D eigenvalue weighted by molar-refractivity contribution is -0.133. The van der Waals surface area contributed by atoms with Crippen LogP contribution in [-0.4, -0.2) is 60.0 Å². The summed E-state index contributed by atoms with van der Waals surface area (Å²) in [6.45, 7) is 3.92. The zero-order valence-electron chi connectivity index (χ0n) is 17.1. The summed E-state index contributed by atoms with van der Waals surface area (Å²) in [6, 6.07) is 0.308. The SMILES string of the molecule is CN1CC(=O)N(C2CCNCC2)Cc2c(NCC3CCCCCC3)ncnc21. The lowest BCUT2D eigenvalue weighted by atomic mass is 10.0. The van der Waals surface area contributed by atoms with Crippen LogP contribution in [0.4, 0.5) is 11.6 Å². The fourth-order valence-electron chi connectivity index (χ4n) is 4.92. The van der Waals surface area contributed by atoms with Gasteiger partial charge in [-0.3, -0.25) is 4.79 Å². The number of anilines is 2. The van der Waals surface area contributed by atoms with Crippen molar-refractivity contribution in [3.8, 4) is 0 Å². The summed E-state index contributed by atoms with van der Waals surface area (Å²) in [4.78, 5) is 26.1. The van der Waals surface area contributed by atoms with Crippen LogP contribution in [0.5, 0.6) is 0 Å². The van der Waals surface area contributed by atoms with Gasteiger partial charge in [0.05, 0.1) is 18.7 Å². The smallest absolute Gasteiger partial charge is 0.242 e. The predicted molar refractivity (Wildman–Crippen MR) is 111 cm³/mol. The van der Waals surface area contributed by atoms with Crippen molar-refractivity contribution in [1.29, 1.82) is 0 Å². The Kier molecular flexibility index (Phi) is 6.29. The van der Waals surface area contributed by atoms with Crippen molar-refractivity contribution in [2.75, 3.05) is 43.4 Å². The van der Waals surface area contributed by atoms with Gasteiger partial charge in [0.1, 0.15) is 18.0 Å². The summed E-state index contributed by atoms with van der Waals surface area (Å²) < 4.78 is 0. The van der Waals surface area contributed by atoms with Crippen LogP contribution in [0.25, 0.3) is 0 Å². The molecule has 28 heavy (non-hydrogen) atoms. The highest BCUT2D eigenvalue weighted by molar-refractivity contribution is 5.83. The highest BCUT2D eigenvalue weighted by Gasteiger charge is 2.32. The minimum Gasteiger partial charge on any atom is -0.369 e. The van der Waals surface area contributed by atoms with Crippen molar-refractivity contribution in [2.24, 2.45) is 5.92 Å². The summed E-state index contributed by atoms with van der Waals surface area (Å²) in [5.74, 6) is 2.72. The second-order valence-corrected chi connectivity index (χ2v) is 8.62. The molecule has 1 amide bonds. The van der Waals surface area contributed by atoms with E-state index in [1.807, 2.05) is 11.9 Å². The Labute approximate surface area is 168 Å². The van der Waals surface area contributed by atoms with Gasteiger partial charge < -0.3 is 20.4 Å². The largest absolute Gasteiger partial charge is 0.369 e. The molecule has 1 saturated heterocycles. The maximum atomic E-state index is 12.9. The van der Waals surface area contributed by atoms with E-state index in [0.29, 0.717) is 19.1 Å². The lowest BCUT2D eigenvalue weighted by Gasteiger charge is -2.34. The molecule has 154 valence electrons. The molecule has 7 nitrogen and oxygen atoms in total. The normalized spacial score (nSPS) is 22.5. The zero-order valence-corrected chi connectivity index (χ0v) is 17.1. The van der Waals surface area contributed by atoms with E-state index in [4.69, 9.17) is 0 Å². The average molecular weight is 387 g/mol. The number of nitrogens with zero attached hydrogens (tertiary/aromatic N) is 4. The van der Waals surface area contributed by atoms with E-state index in [2.05, 4.69) is 25.5 Å². The Morgan fingerprint density at radius 2 is 1.82 bits per heavy atom. The van der Waals surface area contributed by atoms with E-state index in [1.54, 1.807) is 6.33 Å². The summed E-state index contributed by atoms with van der Waals surface area (Å²) in [6.07, 6.45) is 11.7. The van der Waals surface area contributed by atoms with Gasteiger partial charge in [0.25, 0.3) is 0 Å². The molecule has 3 heterocycles. The van der Waals surface area contributed by atoms with Gasteiger partial charge in [0, 0.05) is 19.6 Å². The molecule has 3 aliphatic rings. The van der Waals surface area contributed by atoms with Crippen LogP contribution < -0.4 is 15.5 Å². The number of fused-ring (bicyclic) bond motifs is 1. The first-order valence-electron chi connectivity index (χ1n) is 11.0. The molecule has 1 aliphatic carbocycles. The molecule has 1 aromatic rings. The van der Waals surface area contributed by atoms with Crippen molar-refractivity contribution < 1.29 is 4.79 Å². The summed E-state index contributed by atoms with van der Waals surface area (Å²) in [7, 11) is 1.96. The van der Waals surface area contributed by atoms with E-state index >= 15 is 0 Å². The lowest BCUT2D eigenvalue weighted by Crippen LogP contribution is -2.47. The average Bonchev–Trinajstić information content (AvgIpc) is 3.05. The van der Waals surface area contributed by atoms with Gasteiger partial charge in [-0.05, 0) is 44.7 Å². The molecule has 0 unspecified atom stereocenters. The summed E-state index contributed by atoms with van der Waals surface area (Å²) >= 11 is 0. The van der Waals surface area contributed by atoms with Crippen LogP contribution in [0, 0.1) is 5.92 Å². The van der Waals surface area contributed by atoms with Crippen LogP contribution in [-0.2, 0) is 11.3 Å². The molecule has 0 bridgehead atoms. The maximum Gasteiger partial charge on any atom is 0.242 e. The molecular formula is C21H34N6O. The second-order valence-electron chi connectivity index (χ2n) is 8.62. The number of nitrogens with one attached hydrogen (secondary N) is 2. The van der Waals surface area contributed by atoms with Crippen LogP contribution in [0.1, 0.15) is 56.9 Å². The minimum atomic E-state index is 0.196. The van der Waals surface area contributed by atoms with Crippen molar-refractivity contribution in [2.45, 2.75) is 64.0 Å². The molecule has 0 radical (unpaired) electrons. The predicted octanol–water partition coefficient (Wildman–Crippen LogP) is 2.39. The molecule has 1 aromatic heterocycles. The topological polar surface area (TPSA) is 73.4 Å². The Morgan fingerprint density at radius 1 is 1.07 bits per heavy atom. The quantitative estimate of drug-likeness (QED) is 0.774. The van der Waals surface area contributed by atoms with Crippen LogP contribution in [0.3, 0.4) is 0 Å². The third-order valence-electron chi connectivity index (χ3n) is 6.59. The molecule has 0 aromatic carbocycles. The van der Waals surface area contributed by atoms with Crippen molar-refractivity contribution in [1.82, 2.24) is 20.2 Å². The number of piperidine rings is 1. The van der Waals surface area contributed by atoms with Gasteiger partial charge in [-0.25, -0.2) is 9.97 Å². The Bertz CT molecular complexity index is 667. The van der Waals surface area contributed by atoms with Crippen molar-refractivity contribution in [3.05, 3.63) is 11.9 Å². The first-order chi connectivity index (χ1) is 13.7. The first kappa shape index (κ1) is 19.4. The van der Waals surface area contributed by atoms with Gasteiger partial charge >= 0.3 is 0 Å². The first-order valence-corrected chi connectivity index (χ1v) is 11.0. The number of hydrogen-bond acceptors (Lipinski definition) is 6. The van der Waals surface area contributed by atoms with Gasteiger partial charge in [-0.15, -0.1) is 0 Å². The van der Waals surface area contributed by atoms with Crippen molar-refractivity contribution in [3.63, 3.8) is 0 Å². The van der Waals surface area contributed by atoms with E-state index in [-0.39, 0.29) is 5.91 Å². The monoisotopic (exact) mass is 386 g/mol. The molecule has 4 rings (SSSR count). The molecule has 0 atom stereocenters. The van der Waals surface area contributed by atoms with Gasteiger partial charge in [0.15, 0.2) is 0 Å². The summed E-state index contributed by atoms with van der Waals surface area (Å²) in [5.41, 5.74) is 1.07. The number of rotatable bonds is 4. The molecule has 1 saturated carbocycles. The van der Waals surface area contributed by atoms with E-state index in [1.165, 1.54) is 38.5 Å². The maximum absolute atomic E-state index is 12.9. The molecule has 2 aliphatic heterocycles. The number of aromatic nitrogens is 2. The zero-order chi connectivity index (χ0) is 19.3. The van der Waals surface area contributed by atoms with E-state index in [0.717, 1.165) is 55.6 Å². The fraction of sp³-hybridized carbons (Fsp3) is 0.762. The molecule has 0 spiro atoms. The molecule has 2 N–H and O–H groups in total. The fourth-order valence-corrected chi connectivity index (χ4v) is 4.92. The van der Waals surface area contributed by atoms with Gasteiger partial charge in [-0.2, -0.15) is 0 Å². The van der Waals surface area contributed by atoms with Crippen LogP contribution in [0.15, 0.2) is 6.33 Å². The highest BCUT2D eigenvalue weighted by Crippen LogP contribution is 2.30. The number of carbonyl (C=O) groups is 1. The number of carbonyl (C=O) groups excluding carboxylic acids is 1. The van der Waals surface area contributed by atoms with Crippen molar-refractivity contribution >= 4 is 17.5 Å². The van der Waals surface area contributed by atoms with Gasteiger partial charge in [0.2, 0.25) is 5.91 Å². The van der Waals surface area contributed by atoms with E-state index in [9.17, 15) is 4.79 Å². The highest BCUT2D eigenvalue weighted by atomic mass is 16.2. The number of hydrogen-bond donors (Lipinski definition) is 2.